The van der Waals surface area contributed by atoms with Crippen molar-refractivity contribution in [3.63, 3.8) is 0 Å². The van der Waals surface area contributed by atoms with E-state index < -0.39 is 5.97 Å². The van der Waals surface area contributed by atoms with E-state index in [-0.39, 0.29) is 5.56 Å². The van der Waals surface area contributed by atoms with Gasteiger partial charge in [-0.15, -0.1) is 0 Å². The highest BCUT2D eigenvalue weighted by molar-refractivity contribution is 6.03. The number of benzene rings is 1. The van der Waals surface area contributed by atoms with Crippen LogP contribution in [0.1, 0.15) is 22.3 Å². The van der Waals surface area contributed by atoms with Crippen LogP contribution in [0.3, 0.4) is 0 Å². The third-order valence-electron chi connectivity index (χ3n) is 2.54. The highest BCUT2D eigenvalue weighted by Gasteiger charge is 2.09. The number of aromatic nitrogens is 1. The van der Waals surface area contributed by atoms with Gasteiger partial charge in [-0.05, 0) is 23.7 Å². The van der Waals surface area contributed by atoms with Crippen molar-refractivity contribution in [3.05, 3.63) is 46.0 Å². The van der Waals surface area contributed by atoms with Gasteiger partial charge in [0, 0.05) is 40.5 Å². The average molecular weight is 254 g/mol. The second kappa shape index (κ2) is 5.63. The molecule has 0 aliphatic carbocycles. The molecule has 1 aromatic carbocycles. The van der Waals surface area contributed by atoms with Gasteiger partial charge < -0.3 is 10.1 Å². The van der Waals surface area contributed by atoms with E-state index in [2.05, 4.69) is 26.9 Å². The van der Waals surface area contributed by atoms with Crippen molar-refractivity contribution in [3.8, 4) is 11.8 Å². The molecule has 0 spiro atoms. The van der Waals surface area contributed by atoms with E-state index in [1.54, 1.807) is 12.1 Å². The molecule has 6 heteroatoms. The Morgan fingerprint density at radius 2 is 2.37 bits per heavy atom. The summed E-state index contributed by atoms with van der Waals surface area (Å²) < 4.78 is 0. The number of carbonyl (C=O) groups is 1. The number of rotatable bonds is 3. The average Bonchev–Trinajstić information content (AvgIpc) is 2.81. The summed E-state index contributed by atoms with van der Waals surface area (Å²) in [5, 5.41) is 13.0. The van der Waals surface area contributed by atoms with Crippen molar-refractivity contribution in [2.24, 2.45) is 5.11 Å². The van der Waals surface area contributed by atoms with Crippen LogP contribution < -0.4 is 0 Å². The van der Waals surface area contributed by atoms with Crippen molar-refractivity contribution in [2.45, 2.75) is 6.42 Å². The molecule has 0 saturated carbocycles. The zero-order chi connectivity index (χ0) is 13.7. The van der Waals surface area contributed by atoms with Crippen molar-refractivity contribution in [2.75, 3.05) is 6.54 Å². The summed E-state index contributed by atoms with van der Waals surface area (Å²) in [7, 11) is 0. The van der Waals surface area contributed by atoms with Crippen LogP contribution in [-0.4, -0.2) is 22.6 Å². The van der Waals surface area contributed by atoms with Crippen LogP contribution in [0.4, 0.5) is 0 Å². The first-order valence-electron chi connectivity index (χ1n) is 5.56. The van der Waals surface area contributed by atoms with E-state index >= 15 is 0 Å². The lowest BCUT2D eigenvalue weighted by atomic mass is 10.1. The molecule has 0 bridgehead atoms. The number of H-pyrrole nitrogens is 1. The molecule has 0 atom stereocenters. The van der Waals surface area contributed by atoms with E-state index in [9.17, 15) is 4.79 Å². The predicted molar refractivity (Wildman–Crippen MR) is 70.8 cm³/mol. The summed E-state index contributed by atoms with van der Waals surface area (Å²) in [4.78, 5) is 16.5. The Hall–Kier alpha value is -2.90. The molecule has 2 rings (SSSR count). The number of aromatic carboxylic acids is 1. The first-order valence-corrected chi connectivity index (χ1v) is 5.56. The fourth-order valence-corrected chi connectivity index (χ4v) is 1.69. The van der Waals surface area contributed by atoms with Gasteiger partial charge in [-0.25, -0.2) is 4.79 Å². The number of carboxylic acids is 1. The van der Waals surface area contributed by atoms with E-state index in [0.717, 1.165) is 11.1 Å². The third kappa shape index (κ3) is 2.86. The van der Waals surface area contributed by atoms with E-state index in [4.69, 9.17) is 10.6 Å². The van der Waals surface area contributed by atoms with Gasteiger partial charge in [0.1, 0.15) is 0 Å². The molecule has 19 heavy (non-hydrogen) atoms. The first-order chi connectivity index (χ1) is 9.22. The van der Waals surface area contributed by atoms with Crippen molar-refractivity contribution in [1.82, 2.24) is 4.98 Å². The number of aromatic amines is 1. The Labute approximate surface area is 108 Å². The van der Waals surface area contributed by atoms with Gasteiger partial charge >= 0.3 is 5.97 Å². The van der Waals surface area contributed by atoms with Crippen LogP contribution in [-0.2, 0) is 0 Å². The topological polar surface area (TPSA) is 102 Å². The van der Waals surface area contributed by atoms with Crippen molar-refractivity contribution < 1.29 is 9.90 Å². The van der Waals surface area contributed by atoms with Crippen LogP contribution in [0, 0.1) is 11.8 Å². The Balaban J connectivity index is 2.27. The molecular weight excluding hydrogens is 244 g/mol. The molecule has 1 heterocycles. The van der Waals surface area contributed by atoms with Gasteiger partial charge in [-0.3, -0.25) is 0 Å². The first kappa shape index (κ1) is 12.6. The lowest BCUT2D eigenvalue weighted by Crippen LogP contribution is -1.93. The number of azide groups is 1. The Bertz CT molecular complexity index is 730. The van der Waals surface area contributed by atoms with Crippen LogP contribution in [0.5, 0.6) is 0 Å². The number of nitrogens with zero attached hydrogens (tertiary/aromatic N) is 3. The SMILES string of the molecule is [N-]=[N+]=NCCC#Cc1ccc2[nH]cc(C(=O)O)c2c1. The molecule has 0 amide bonds. The summed E-state index contributed by atoms with van der Waals surface area (Å²) in [6, 6.07) is 5.33. The zero-order valence-corrected chi connectivity index (χ0v) is 9.92. The fraction of sp³-hybridized carbons (Fsp3) is 0.154. The fourth-order valence-electron chi connectivity index (χ4n) is 1.69. The maximum absolute atomic E-state index is 11.0. The summed E-state index contributed by atoms with van der Waals surface area (Å²) in [6.07, 6.45) is 1.94. The molecule has 0 aliphatic rings. The number of hydrogen-bond acceptors (Lipinski definition) is 2. The van der Waals surface area contributed by atoms with Crippen LogP contribution in [0.2, 0.25) is 0 Å². The molecule has 2 N–H and O–H groups in total. The molecule has 6 nitrogen and oxygen atoms in total. The Kier molecular flexibility index (Phi) is 3.72. The maximum Gasteiger partial charge on any atom is 0.337 e. The molecule has 1 aromatic heterocycles. The van der Waals surface area contributed by atoms with Gasteiger partial charge in [0.25, 0.3) is 0 Å². The molecule has 2 aromatic rings. The number of fused-ring (bicyclic) bond motifs is 1. The van der Waals surface area contributed by atoms with Gasteiger partial charge in [0.05, 0.1) is 5.56 Å². The second-order valence-corrected chi connectivity index (χ2v) is 3.77. The third-order valence-corrected chi connectivity index (χ3v) is 2.54. The summed E-state index contributed by atoms with van der Waals surface area (Å²) in [6.45, 7) is 0.330. The highest BCUT2D eigenvalue weighted by Crippen LogP contribution is 2.19. The lowest BCUT2D eigenvalue weighted by molar-refractivity contribution is 0.0699. The number of carboxylic acid groups (broad SMARTS) is 1. The normalized spacial score (nSPS) is 9.47. The Morgan fingerprint density at radius 1 is 1.53 bits per heavy atom. The lowest BCUT2D eigenvalue weighted by Gasteiger charge is -1.94. The van der Waals surface area contributed by atoms with Gasteiger partial charge in [-0.2, -0.15) is 0 Å². The van der Waals surface area contributed by atoms with Gasteiger partial charge in [0.15, 0.2) is 0 Å². The van der Waals surface area contributed by atoms with Crippen molar-refractivity contribution in [1.29, 1.82) is 0 Å². The minimum Gasteiger partial charge on any atom is -0.478 e. The number of nitrogens with one attached hydrogen (secondary N) is 1. The highest BCUT2D eigenvalue weighted by atomic mass is 16.4. The van der Waals surface area contributed by atoms with Crippen molar-refractivity contribution >= 4 is 16.9 Å². The standard InChI is InChI=1S/C13H10N4O2/c14-17-16-6-2-1-3-9-4-5-12-10(7-9)11(8-15-12)13(18)19/h4-5,7-8,15H,2,6H2,(H,18,19). The summed E-state index contributed by atoms with van der Waals surface area (Å²) in [5.41, 5.74) is 9.83. The molecule has 0 saturated heterocycles. The minimum absolute atomic E-state index is 0.229. The number of hydrogen-bond donors (Lipinski definition) is 2. The molecule has 0 fully saturated rings. The van der Waals surface area contributed by atoms with E-state index in [1.165, 1.54) is 6.20 Å². The van der Waals surface area contributed by atoms with E-state index in [1.807, 2.05) is 6.07 Å². The summed E-state index contributed by atoms with van der Waals surface area (Å²) in [5.74, 6) is 4.81. The Morgan fingerprint density at radius 3 is 3.11 bits per heavy atom. The molecule has 0 radical (unpaired) electrons. The molecule has 0 aliphatic heterocycles. The quantitative estimate of drug-likeness (QED) is 0.289. The molecular formula is C13H10N4O2. The monoisotopic (exact) mass is 254 g/mol. The maximum atomic E-state index is 11.0. The van der Waals surface area contributed by atoms with Crippen LogP contribution >= 0.6 is 0 Å². The predicted octanol–water partition coefficient (Wildman–Crippen LogP) is 2.92. The smallest absolute Gasteiger partial charge is 0.337 e. The minimum atomic E-state index is -0.972. The van der Waals surface area contributed by atoms with Crippen LogP contribution in [0.15, 0.2) is 29.5 Å². The summed E-state index contributed by atoms with van der Waals surface area (Å²) >= 11 is 0. The largest absolute Gasteiger partial charge is 0.478 e. The molecule has 94 valence electrons. The molecule has 0 unspecified atom stereocenters. The van der Waals surface area contributed by atoms with Crippen LogP contribution in [0.25, 0.3) is 21.3 Å². The van der Waals surface area contributed by atoms with E-state index in [0.29, 0.717) is 18.4 Å². The van der Waals surface area contributed by atoms with Gasteiger partial charge in [-0.1, -0.05) is 17.0 Å². The second-order valence-electron chi connectivity index (χ2n) is 3.77. The van der Waals surface area contributed by atoms with Gasteiger partial charge in [0.2, 0.25) is 0 Å². The zero-order valence-electron chi connectivity index (χ0n) is 9.92.